The van der Waals surface area contributed by atoms with Crippen molar-refractivity contribution in [1.82, 2.24) is 4.98 Å². The molecule has 1 heterocycles. The van der Waals surface area contributed by atoms with Crippen LogP contribution in [0.2, 0.25) is 0 Å². The molecule has 0 atom stereocenters. The van der Waals surface area contributed by atoms with Crippen LogP contribution in [0.15, 0.2) is 42.7 Å². The number of nitrogens with zero attached hydrogens (tertiary/aromatic N) is 3. The zero-order chi connectivity index (χ0) is 14.7. The minimum absolute atomic E-state index is 0.0393. The SMILES string of the molecule is CN(C(=O)c1ccc(F)c([N+](=O)[O-])c1)c1ccncc1. The maximum absolute atomic E-state index is 13.2. The fourth-order valence-electron chi connectivity index (χ4n) is 1.66. The van der Waals surface area contributed by atoms with Gasteiger partial charge in [0.15, 0.2) is 0 Å². The first-order chi connectivity index (χ1) is 9.50. The lowest BCUT2D eigenvalue weighted by molar-refractivity contribution is -0.387. The van der Waals surface area contributed by atoms with E-state index in [0.29, 0.717) is 5.69 Å². The maximum atomic E-state index is 13.2. The van der Waals surface area contributed by atoms with Crippen molar-refractivity contribution in [3.63, 3.8) is 0 Å². The molecule has 0 aliphatic carbocycles. The van der Waals surface area contributed by atoms with E-state index in [1.54, 1.807) is 12.1 Å². The summed E-state index contributed by atoms with van der Waals surface area (Å²) in [5, 5.41) is 10.7. The van der Waals surface area contributed by atoms with Gasteiger partial charge in [-0.2, -0.15) is 4.39 Å². The quantitative estimate of drug-likeness (QED) is 0.636. The van der Waals surface area contributed by atoms with E-state index in [4.69, 9.17) is 0 Å². The number of pyridine rings is 1. The van der Waals surface area contributed by atoms with Gasteiger partial charge >= 0.3 is 5.69 Å². The molecule has 102 valence electrons. The third-order valence-corrected chi connectivity index (χ3v) is 2.74. The molecular weight excluding hydrogens is 265 g/mol. The molecule has 6 nitrogen and oxygen atoms in total. The number of carbonyl (C=O) groups is 1. The average Bonchev–Trinajstić information content (AvgIpc) is 2.47. The molecule has 2 rings (SSSR count). The van der Waals surface area contributed by atoms with Gasteiger partial charge in [-0.15, -0.1) is 0 Å². The Hall–Kier alpha value is -2.83. The molecule has 1 aromatic carbocycles. The van der Waals surface area contributed by atoms with Gasteiger partial charge in [-0.3, -0.25) is 19.9 Å². The Labute approximate surface area is 113 Å². The van der Waals surface area contributed by atoms with Gasteiger partial charge in [0.05, 0.1) is 4.92 Å². The summed E-state index contributed by atoms with van der Waals surface area (Å²) in [6.07, 6.45) is 3.04. The molecule has 0 aliphatic heterocycles. The Bertz CT molecular complexity index is 661. The highest BCUT2D eigenvalue weighted by atomic mass is 19.1. The highest BCUT2D eigenvalue weighted by Gasteiger charge is 2.20. The number of aromatic nitrogens is 1. The van der Waals surface area contributed by atoms with Crippen LogP contribution in [0.3, 0.4) is 0 Å². The highest BCUT2D eigenvalue weighted by Crippen LogP contribution is 2.21. The van der Waals surface area contributed by atoms with Crippen LogP contribution in [0.25, 0.3) is 0 Å². The number of hydrogen-bond acceptors (Lipinski definition) is 4. The summed E-state index contributed by atoms with van der Waals surface area (Å²) in [6, 6.07) is 6.29. The standard InChI is InChI=1S/C13H10FN3O3/c1-16(10-4-6-15-7-5-10)13(18)9-2-3-11(14)12(8-9)17(19)20/h2-8H,1H3. The van der Waals surface area contributed by atoms with Crippen LogP contribution >= 0.6 is 0 Å². The number of rotatable bonds is 3. The molecule has 0 N–H and O–H groups in total. The summed E-state index contributed by atoms with van der Waals surface area (Å²) in [5.74, 6) is -1.45. The number of anilines is 1. The van der Waals surface area contributed by atoms with E-state index < -0.39 is 22.3 Å². The number of benzene rings is 1. The monoisotopic (exact) mass is 275 g/mol. The summed E-state index contributed by atoms with van der Waals surface area (Å²) in [7, 11) is 1.52. The molecule has 20 heavy (non-hydrogen) atoms. The zero-order valence-corrected chi connectivity index (χ0v) is 10.5. The molecule has 0 radical (unpaired) electrons. The van der Waals surface area contributed by atoms with Gasteiger partial charge in [0.1, 0.15) is 0 Å². The van der Waals surface area contributed by atoms with E-state index in [0.717, 1.165) is 12.1 Å². The van der Waals surface area contributed by atoms with E-state index in [1.165, 1.54) is 30.4 Å². The number of amides is 1. The van der Waals surface area contributed by atoms with Crippen LogP contribution in [0.1, 0.15) is 10.4 Å². The van der Waals surface area contributed by atoms with Crippen molar-refractivity contribution >= 4 is 17.3 Å². The Morgan fingerprint density at radius 1 is 1.30 bits per heavy atom. The lowest BCUT2D eigenvalue weighted by Gasteiger charge is -2.16. The van der Waals surface area contributed by atoms with Crippen LogP contribution in [0.4, 0.5) is 15.8 Å². The Balaban J connectivity index is 2.34. The normalized spacial score (nSPS) is 10.1. The van der Waals surface area contributed by atoms with Gasteiger partial charge in [-0.25, -0.2) is 0 Å². The van der Waals surface area contributed by atoms with E-state index in [1.807, 2.05) is 0 Å². The molecule has 7 heteroatoms. The smallest absolute Gasteiger partial charge is 0.305 e. The van der Waals surface area contributed by atoms with E-state index in [-0.39, 0.29) is 5.56 Å². The lowest BCUT2D eigenvalue weighted by atomic mass is 10.1. The van der Waals surface area contributed by atoms with Crippen molar-refractivity contribution in [3.8, 4) is 0 Å². The molecule has 0 saturated carbocycles. The molecule has 0 saturated heterocycles. The average molecular weight is 275 g/mol. The van der Waals surface area contributed by atoms with Crippen molar-refractivity contribution in [3.05, 3.63) is 64.2 Å². The number of carbonyl (C=O) groups excluding carboxylic acids is 1. The second kappa shape index (κ2) is 5.43. The maximum Gasteiger partial charge on any atom is 0.305 e. The minimum atomic E-state index is -0.974. The summed E-state index contributed by atoms with van der Waals surface area (Å²) < 4.78 is 13.2. The van der Waals surface area contributed by atoms with Gasteiger partial charge < -0.3 is 4.90 Å². The van der Waals surface area contributed by atoms with Crippen LogP contribution in [-0.4, -0.2) is 22.9 Å². The third-order valence-electron chi connectivity index (χ3n) is 2.74. The van der Waals surface area contributed by atoms with Crippen molar-refractivity contribution < 1.29 is 14.1 Å². The predicted molar refractivity (Wildman–Crippen MR) is 70.0 cm³/mol. The van der Waals surface area contributed by atoms with Crippen molar-refractivity contribution in [2.45, 2.75) is 0 Å². The van der Waals surface area contributed by atoms with Crippen LogP contribution in [-0.2, 0) is 0 Å². The number of hydrogen-bond donors (Lipinski definition) is 0. The van der Waals surface area contributed by atoms with Crippen molar-refractivity contribution in [1.29, 1.82) is 0 Å². The minimum Gasteiger partial charge on any atom is -0.311 e. The fourth-order valence-corrected chi connectivity index (χ4v) is 1.66. The van der Waals surface area contributed by atoms with Crippen LogP contribution < -0.4 is 4.90 Å². The third kappa shape index (κ3) is 2.61. The van der Waals surface area contributed by atoms with Crippen LogP contribution in [0.5, 0.6) is 0 Å². The second-order valence-corrected chi connectivity index (χ2v) is 3.99. The Morgan fingerprint density at radius 2 is 1.95 bits per heavy atom. The molecule has 1 amide bonds. The molecule has 0 aliphatic rings. The Morgan fingerprint density at radius 3 is 2.55 bits per heavy atom. The van der Waals surface area contributed by atoms with Gasteiger partial charge in [-0.05, 0) is 24.3 Å². The molecule has 0 spiro atoms. The first-order valence-electron chi connectivity index (χ1n) is 5.62. The summed E-state index contributed by atoms with van der Waals surface area (Å²) in [5.41, 5.74) is -0.103. The molecule has 0 bridgehead atoms. The molecule has 0 unspecified atom stereocenters. The largest absolute Gasteiger partial charge is 0.311 e. The topological polar surface area (TPSA) is 76.3 Å². The van der Waals surface area contributed by atoms with E-state index in [2.05, 4.69) is 4.98 Å². The fraction of sp³-hybridized carbons (Fsp3) is 0.0769. The first-order valence-corrected chi connectivity index (χ1v) is 5.62. The van der Waals surface area contributed by atoms with Crippen molar-refractivity contribution in [2.24, 2.45) is 0 Å². The molecular formula is C13H10FN3O3. The molecule has 2 aromatic rings. The van der Waals surface area contributed by atoms with E-state index in [9.17, 15) is 19.3 Å². The molecule has 1 aromatic heterocycles. The number of halogens is 1. The predicted octanol–water partition coefficient (Wildman–Crippen LogP) is 2.41. The summed E-state index contributed by atoms with van der Waals surface area (Å²) in [6.45, 7) is 0. The number of nitro benzene ring substituents is 1. The first kappa shape index (κ1) is 13.6. The van der Waals surface area contributed by atoms with E-state index >= 15 is 0 Å². The van der Waals surface area contributed by atoms with Gasteiger partial charge in [0, 0.05) is 36.8 Å². The Kier molecular flexibility index (Phi) is 3.69. The summed E-state index contributed by atoms with van der Waals surface area (Å²) in [4.78, 5) is 27.1. The highest BCUT2D eigenvalue weighted by molar-refractivity contribution is 6.06. The van der Waals surface area contributed by atoms with Crippen molar-refractivity contribution in [2.75, 3.05) is 11.9 Å². The summed E-state index contributed by atoms with van der Waals surface area (Å²) >= 11 is 0. The van der Waals surface area contributed by atoms with Crippen LogP contribution in [0, 0.1) is 15.9 Å². The second-order valence-electron chi connectivity index (χ2n) is 3.99. The lowest BCUT2D eigenvalue weighted by Crippen LogP contribution is -2.26. The number of nitro groups is 1. The van der Waals surface area contributed by atoms with Gasteiger partial charge in [0.25, 0.3) is 5.91 Å². The van der Waals surface area contributed by atoms with Gasteiger partial charge in [-0.1, -0.05) is 0 Å². The zero-order valence-electron chi connectivity index (χ0n) is 10.5. The van der Waals surface area contributed by atoms with Gasteiger partial charge in [0.2, 0.25) is 5.82 Å². The molecule has 0 fully saturated rings.